The minimum atomic E-state index is 0.248. The Hall–Kier alpha value is -0.610. The third-order valence-corrected chi connectivity index (χ3v) is 3.27. The number of hydrogen-bond acceptors (Lipinski definition) is 3. The summed E-state index contributed by atoms with van der Waals surface area (Å²) in [7, 11) is 0. The lowest BCUT2D eigenvalue weighted by Gasteiger charge is -2.26. The van der Waals surface area contributed by atoms with Gasteiger partial charge in [-0.2, -0.15) is 0 Å². The molecule has 1 heterocycles. The number of morpholine rings is 1. The Labute approximate surface area is 90.8 Å². The van der Waals surface area contributed by atoms with Crippen molar-refractivity contribution in [3.8, 4) is 0 Å². The zero-order valence-corrected chi connectivity index (χ0v) is 9.13. The maximum absolute atomic E-state index is 11.5. The number of carbonyl (C=O) groups excluding carboxylic acids is 1. The Bertz CT molecular complexity index is 211. The zero-order valence-electron chi connectivity index (χ0n) is 9.13. The fraction of sp³-hybridized carbons (Fsp3) is 0.909. The second-order valence-corrected chi connectivity index (χ2v) is 4.43. The molecule has 1 saturated heterocycles. The molecule has 2 rings (SSSR count). The molecule has 1 aliphatic heterocycles. The fourth-order valence-electron chi connectivity index (χ4n) is 1.99. The van der Waals surface area contributed by atoms with Crippen molar-refractivity contribution < 1.29 is 9.53 Å². The Morgan fingerprint density at radius 3 is 2.93 bits per heavy atom. The van der Waals surface area contributed by atoms with Crippen molar-refractivity contribution in [3.05, 3.63) is 0 Å². The van der Waals surface area contributed by atoms with Gasteiger partial charge in [-0.05, 0) is 19.3 Å². The summed E-state index contributed by atoms with van der Waals surface area (Å²) >= 11 is 0. The van der Waals surface area contributed by atoms with E-state index < -0.39 is 0 Å². The summed E-state index contributed by atoms with van der Waals surface area (Å²) in [6.07, 6.45) is 4.35. The van der Waals surface area contributed by atoms with Crippen LogP contribution in [0.2, 0.25) is 0 Å². The first-order valence-electron chi connectivity index (χ1n) is 5.95. The number of rotatable bonds is 4. The van der Waals surface area contributed by atoms with Crippen LogP contribution in [0, 0.1) is 5.92 Å². The third-order valence-electron chi connectivity index (χ3n) is 3.27. The number of nitrogens with one attached hydrogen (secondary N) is 2. The van der Waals surface area contributed by atoms with Crippen molar-refractivity contribution in [2.24, 2.45) is 5.92 Å². The van der Waals surface area contributed by atoms with Crippen LogP contribution in [-0.2, 0) is 9.53 Å². The average Bonchev–Trinajstić information content (AvgIpc) is 2.16. The van der Waals surface area contributed by atoms with Crippen molar-refractivity contribution in [2.45, 2.75) is 31.7 Å². The predicted molar refractivity (Wildman–Crippen MR) is 57.6 cm³/mol. The number of carbonyl (C=O) groups is 1. The molecular weight excluding hydrogens is 192 g/mol. The van der Waals surface area contributed by atoms with Crippen LogP contribution in [-0.4, -0.2) is 38.3 Å². The van der Waals surface area contributed by atoms with E-state index in [4.69, 9.17) is 4.74 Å². The minimum Gasteiger partial charge on any atom is -0.379 e. The molecule has 15 heavy (non-hydrogen) atoms. The molecule has 0 spiro atoms. The molecule has 4 nitrogen and oxygen atoms in total. The van der Waals surface area contributed by atoms with E-state index in [-0.39, 0.29) is 5.91 Å². The second-order valence-electron chi connectivity index (χ2n) is 4.43. The Balaban J connectivity index is 1.55. The largest absolute Gasteiger partial charge is 0.379 e. The second kappa shape index (κ2) is 5.47. The fourth-order valence-corrected chi connectivity index (χ4v) is 1.99. The van der Waals surface area contributed by atoms with Crippen LogP contribution >= 0.6 is 0 Å². The molecule has 1 atom stereocenters. The van der Waals surface area contributed by atoms with Gasteiger partial charge in [0, 0.05) is 25.0 Å². The molecule has 1 saturated carbocycles. The van der Waals surface area contributed by atoms with Crippen molar-refractivity contribution in [1.29, 1.82) is 0 Å². The highest BCUT2D eigenvalue weighted by Gasteiger charge is 2.24. The first-order valence-corrected chi connectivity index (χ1v) is 5.95. The molecule has 0 aromatic heterocycles. The summed E-state index contributed by atoms with van der Waals surface area (Å²) in [5.41, 5.74) is 0. The van der Waals surface area contributed by atoms with Crippen molar-refractivity contribution in [3.63, 3.8) is 0 Å². The highest BCUT2D eigenvalue weighted by molar-refractivity contribution is 5.79. The molecule has 0 radical (unpaired) electrons. The maximum Gasteiger partial charge on any atom is 0.223 e. The maximum atomic E-state index is 11.5. The van der Waals surface area contributed by atoms with Gasteiger partial charge < -0.3 is 15.4 Å². The van der Waals surface area contributed by atoms with Crippen molar-refractivity contribution in [1.82, 2.24) is 10.6 Å². The Morgan fingerprint density at radius 2 is 2.33 bits per heavy atom. The molecule has 2 aliphatic rings. The van der Waals surface area contributed by atoms with Gasteiger partial charge in [-0.1, -0.05) is 6.42 Å². The van der Waals surface area contributed by atoms with Crippen LogP contribution in [0.3, 0.4) is 0 Å². The molecule has 2 fully saturated rings. The molecule has 0 aromatic rings. The summed E-state index contributed by atoms with van der Waals surface area (Å²) in [6, 6.07) is 0.417. The minimum absolute atomic E-state index is 0.248. The topological polar surface area (TPSA) is 50.4 Å². The summed E-state index contributed by atoms with van der Waals surface area (Å²) < 4.78 is 5.34. The van der Waals surface area contributed by atoms with E-state index in [0.29, 0.717) is 12.0 Å². The van der Waals surface area contributed by atoms with Gasteiger partial charge in [-0.25, -0.2) is 0 Å². The van der Waals surface area contributed by atoms with E-state index in [9.17, 15) is 4.79 Å². The van der Waals surface area contributed by atoms with Crippen LogP contribution < -0.4 is 10.6 Å². The molecular formula is C11H20N2O2. The zero-order chi connectivity index (χ0) is 10.5. The molecule has 2 N–H and O–H groups in total. The summed E-state index contributed by atoms with van der Waals surface area (Å²) in [5, 5.41) is 6.37. The number of ether oxygens (including phenoxy) is 1. The Morgan fingerprint density at radius 1 is 1.47 bits per heavy atom. The molecule has 0 aromatic carbocycles. The monoisotopic (exact) mass is 212 g/mol. The van der Waals surface area contributed by atoms with Gasteiger partial charge in [0.1, 0.15) is 0 Å². The molecule has 4 heteroatoms. The highest BCUT2D eigenvalue weighted by atomic mass is 16.5. The summed E-state index contributed by atoms with van der Waals surface area (Å²) in [5.74, 6) is 0.554. The van der Waals surface area contributed by atoms with Crippen molar-refractivity contribution in [2.75, 3.05) is 26.3 Å². The van der Waals surface area contributed by atoms with E-state index in [1.807, 2.05) is 0 Å². The molecule has 0 bridgehead atoms. The van der Waals surface area contributed by atoms with E-state index in [2.05, 4.69) is 10.6 Å². The number of hydrogen-bond donors (Lipinski definition) is 2. The first-order chi connectivity index (χ1) is 7.36. The van der Waals surface area contributed by atoms with Crippen LogP contribution in [0.4, 0.5) is 0 Å². The third kappa shape index (κ3) is 3.18. The van der Waals surface area contributed by atoms with Crippen LogP contribution in [0.25, 0.3) is 0 Å². The highest BCUT2D eigenvalue weighted by Crippen LogP contribution is 2.26. The van der Waals surface area contributed by atoms with Crippen LogP contribution in [0.15, 0.2) is 0 Å². The average molecular weight is 212 g/mol. The van der Waals surface area contributed by atoms with Gasteiger partial charge in [0.05, 0.1) is 13.2 Å². The Kier molecular flexibility index (Phi) is 3.97. The standard InChI is InChI=1S/C11H20N2O2/c14-11(9-2-1-3-9)13-5-4-10-8-15-7-6-12-10/h9-10,12H,1-8H2,(H,13,14). The number of amides is 1. The predicted octanol–water partition coefficient (Wildman–Crippen LogP) is 0.281. The molecule has 86 valence electrons. The van der Waals surface area contributed by atoms with Crippen LogP contribution in [0.5, 0.6) is 0 Å². The van der Waals surface area contributed by atoms with Crippen LogP contribution in [0.1, 0.15) is 25.7 Å². The lowest BCUT2D eigenvalue weighted by Crippen LogP contribution is -2.44. The lowest BCUT2D eigenvalue weighted by atomic mass is 9.85. The van der Waals surface area contributed by atoms with Gasteiger partial charge in [0.25, 0.3) is 0 Å². The molecule has 1 amide bonds. The smallest absolute Gasteiger partial charge is 0.223 e. The van der Waals surface area contributed by atoms with E-state index in [1.165, 1.54) is 6.42 Å². The van der Waals surface area contributed by atoms with Gasteiger partial charge in [-0.15, -0.1) is 0 Å². The normalized spacial score (nSPS) is 27.1. The summed E-state index contributed by atoms with van der Waals surface area (Å²) in [6.45, 7) is 3.29. The van der Waals surface area contributed by atoms with Gasteiger partial charge >= 0.3 is 0 Å². The molecule has 1 unspecified atom stereocenters. The quantitative estimate of drug-likeness (QED) is 0.704. The SMILES string of the molecule is O=C(NCCC1COCCN1)C1CCC1. The van der Waals surface area contributed by atoms with Gasteiger partial charge in [0.2, 0.25) is 5.91 Å². The van der Waals surface area contributed by atoms with Crippen molar-refractivity contribution >= 4 is 5.91 Å². The van der Waals surface area contributed by atoms with Gasteiger partial charge in [0.15, 0.2) is 0 Å². The van der Waals surface area contributed by atoms with E-state index >= 15 is 0 Å². The molecule has 1 aliphatic carbocycles. The lowest BCUT2D eigenvalue weighted by molar-refractivity contribution is -0.127. The van der Waals surface area contributed by atoms with E-state index in [0.717, 1.165) is 45.6 Å². The summed E-state index contributed by atoms with van der Waals surface area (Å²) in [4.78, 5) is 11.5. The first kappa shape index (κ1) is 10.9. The van der Waals surface area contributed by atoms with Gasteiger partial charge in [-0.3, -0.25) is 4.79 Å². The van der Waals surface area contributed by atoms with E-state index in [1.54, 1.807) is 0 Å².